The van der Waals surface area contributed by atoms with Crippen LogP contribution in [0.2, 0.25) is 0 Å². The zero-order chi connectivity index (χ0) is 8.69. The van der Waals surface area contributed by atoms with E-state index in [0.29, 0.717) is 0 Å². The fourth-order valence-corrected chi connectivity index (χ4v) is 0.620. The summed E-state index contributed by atoms with van der Waals surface area (Å²) in [6.45, 7) is 5.76. The standard InChI is InChI=1S/C10H15F/c1-4-5-6-7-10(11)8-9(2)3/h5-8H,4H2,1-3H3/b6-5+,10-7+. The zero-order valence-corrected chi connectivity index (χ0v) is 7.39. The molecule has 0 spiro atoms. The molecule has 0 aromatic heterocycles. The first-order valence-electron chi connectivity index (χ1n) is 3.84. The molecule has 0 nitrogen and oxygen atoms in total. The maximum atomic E-state index is 12.7. The summed E-state index contributed by atoms with van der Waals surface area (Å²) in [5.74, 6) is -0.185. The first kappa shape index (κ1) is 10.2. The van der Waals surface area contributed by atoms with Gasteiger partial charge in [-0.25, -0.2) is 4.39 Å². The third-order valence-electron chi connectivity index (χ3n) is 1.05. The Bertz CT molecular complexity index is 181. The molecule has 0 atom stereocenters. The van der Waals surface area contributed by atoms with Crippen LogP contribution in [0.25, 0.3) is 0 Å². The van der Waals surface area contributed by atoms with Gasteiger partial charge in [-0.2, -0.15) is 0 Å². The molecular formula is C10H15F. The van der Waals surface area contributed by atoms with Gasteiger partial charge >= 0.3 is 0 Å². The van der Waals surface area contributed by atoms with E-state index < -0.39 is 0 Å². The Morgan fingerprint density at radius 3 is 2.45 bits per heavy atom. The molecule has 0 heterocycles. The van der Waals surface area contributed by atoms with Crippen LogP contribution in [0.3, 0.4) is 0 Å². The van der Waals surface area contributed by atoms with E-state index in [-0.39, 0.29) is 5.83 Å². The maximum Gasteiger partial charge on any atom is 0.123 e. The highest BCUT2D eigenvalue weighted by atomic mass is 19.1. The molecule has 0 N–H and O–H groups in total. The van der Waals surface area contributed by atoms with Crippen molar-refractivity contribution in [2.24, 2.45) is 0 Å². The van der Waals surface area contributed by atoms with Gasteiger partial charge < -0.3 is 0 Å². The number of rotatable bonds is 3. The van der Waals surface area contributed by atoms with E-state index >= 15 is 0 Å². The van der Waals surface area contributed by atoms with Crippen LogP contribution in [0.4, 0.5) is 4.39 Å². The topological polar surface area (TPSA) is 0 Å². The fraction of sp³-hybridized carbons (Fsp3) is 0.400. The van der Waals surface area contributed by atoms with Crippen molar-refractivity contribution in [3.8, 4) is 0 Å². The highest BCUT2D eigenvalue weighted by Gasteiger charge is 1.84. The van der Waals surface area contributed by atoms with Crippen LogP contribution in [0.1, 0.15) is 27.2 Å². The molecule has 0 saturated heterocycles. The van der Waals surface area contributed by atoms with Crippen molar-refractivity contribution < 1.29 is 4.39 Å². The van der Waals surface area contributed by atoms with Gasteiger partial charge in [-0.3, -0.25) is 0 Å². The van der Waals surface area contributed by atoms with Crippen molar-refractivity contribution in [3.05, 3.63) is 35.7 Å². The maximum absolute atomic E-state index is 12.7. The Morgan fingerprint density at radius 1 is 1.36 bits per heavy atom. The summed E-state index contributed by atoms with van der Waals surface area (Å²) in [5, 5.41) is 0. The van der Waals surface area contributed by atoms with Crippen LogP contribution in [-0.2, 0) is 0 Å². The lowest BCUT2D eigenvalue weighted by Gasteiger charge is -1.86. The summed E-state index contributed by atoms with van der Waals surface area (Å²) >= 11 is 0. The Balaban J connectivity index is 4.01. The van der Waals surface area contributed by atoms with Gasteiger partial charge in [0.2, 0.25) is 0 Å². The summed E-state index contributed by atoms with van der Waals surface area (Å²) < 4.78 is 12.7. The molecule has 0 aliphatic rings. The van der Waals surface area contributed by atoms with Crippen molar-refractivity contribution in [2.45, 2.75) is 27.2 Å². The third kappa shape index (κ3) is 7.04. The number of halogens is 1. The van der Waals surface area contributed by atoms with Gasteiger partial charge in [-0.1, -0.05) is 24.6 Å². The van der Waals surface area contributed by atoms with Gasteiger partial charge in [0.25, 0.3) is 0 Å². The molecule has 0 aliphatic carbocycles. The smallest absolute Gasteiger partial charge is 0.123 e. The third-order valence-corrected chi connectivity index (χ3v) is 1.05. The quantitative estimate of drug-likeness (QED) is 0.543. The molecule has 0 fully saturated rings. The first-order valence-corrected chi connectivity index (χ1v) is 3.84. The van der Waals surface area contributed by atoms with E-state index in [0.717, 1.165) is 12.0 Å². The lowest BCUT2D eigenvalue weighted by molar-refractivity contribution is 0.665. The number of hydrogen-bond donors (Lipinski definition) is 0. The predicted molar refractivity (Wildman–Crippen MR) is 48.1 cm³/mol. The van der Waals surface area contributed by atoms with Crippen LogP contribution in [0, 0.1) is 0 Å². The Kier molecular flexibility index (Phi) is 5.44. The molecule has 0 unspecified atom stereocenters. The summed E-state index contributed by atoms with van der Waals surface area (Å²) in [6, 6.07) is 0. The average Bonchev–Trinajstić information content (AvgIpc) is 1.86. The van der Waals surface area contributed by atoms with Gasteiger partial charge in [0.1, 0.15) is 5.83 Å². The number of allylic oxidation sites excluding steroid dienone is 6. The molecule has 0 aliphatic heterocycles. The summed E-state index contributed by atoms with van der Waals surface area (Å²) in [5.41, 5.74) is 0.976. The van der Waals surface area contributed by atoms with Crippen molar-refractivity contribution in [1.29, 1.82) is 0 Å². The van der Waals surface area contributed by atoms with E-state index in [1.165, 1.54) is 12.2 Å². The minimum atomic E-state index is -0.185. The summed E-state index contributed by atoms with van der Waals surface area (Å²) in [4.78, 5) is 0. The van der Waals surface area contributed by atoms with Crippen LogP contribution in [0.5, 0.6) is 0 Å². The minimum absolute atomic E-state index is 0.185. The van der Waals surface area contributed by atoms with Crippen LogP contribution >= 0.6 is 0 Å². The predicted octanol–water partition coefficient (Wildman–Crippen LogP) is 3.77. The highest BCUT2D eigenvalue weighted by molar-refractivity contribution is 5.20. The van der Waals surface area contributed by atoms with E-state index in [4.69, 9.17) is 0 Å². The summed E-state index contributed by atoms with van der Waals surface area (Å²) in [7, 11) is 0. The minimum Gasteiger partial charge on any atom is -0.207 e. The normalized spacial score (nSPS) is 12.2. The molecule has 0 aromatic carbocycles. The molecule has 1 heteroatoms. The van der Waals surface area contributed by atoms with Crippen LogP contribution in [-0.4, -0.2) is 0 Å². The first-order chi connectivity index (χ1) is 5.16. The van der Waals surface area contributed by atoms with Crippen molar-refractivity contribution in [3.63, 3.8) is 0 Å². The zero-order valence-electron chi connectivity index (χ0n) is 7.39. The van der Waals surface area contributed by atoms with Gasteiger partial charge in [-0.15, -0.1) is 0 Å². The fourth-order valence-electron chi connectivity index (χ4n) is 0.620. The largest absolute Gasteiger partial charge is 0.207 e. The number of hydrogen-bond acceptors (Lipinski definition) is 0. The van der Waals surface area contributed by atoms with E-state index in [2.05, 4.69) is 0 Å². The second kappa shape index (κ2) is 5.90. The molecular weight excluding hydrogens is 139 g/mol. The molecule has 0 bridgehead atoms. The van der Waals surface area contributed by atoms with Crippen molar-refractivity contribution in [1.82, 2.24) is 0 Å². The van der Waals surface area contributed by atoms with E-state index in [1.807, 2.05) is 26.8 Å². The Labute approximate surface area is 68.1 Å². The van der Waals surface area contributed by atoms with E-state index in [1.54, 1.807) is 6.08 Å². The molecule has 62 valence electrons. The molecule has 11 heavy (non-hydrogen) atoms. The molecule has 0 radical (unpaired) electrons. The Morgan fingerprint density at radius 2 is 2.00 bits per heavy atom. The second-order valence-electron chi connectivity index (χ2n) is 2.61. The lowest BCUT2D eigenvalue weighted by atomic mass is 10.3. The SMILES string of the molecule is CC/C=C/C=C(/F)C=C(C)C. The van der Waals surface area contributed by atoms with Gasteiger partial charge in [0.05, 0.1) is 0 Å². The summed E-state index contributed by atoms with van der Waals surface area (Å²) in [6.07, 6.45) is 7.57. The van der Waals surface area contributed by atoms with Gasteiger partial charge in [0, 0.05) is 0 Å². The molecule has 0 saturated carbocycles. The molecule has 0 amide bonds. The lowest BCUT2D eigenvalue weighted by Crippen LogP contribution is -1.67. The second-order valence-corrected chi connectivity index (χ2v) is 2.61. The van der Waals surface area contributed by atoms with Gasteiger partial charge in [0.15, 0.2) is 0 Å². The van der Waals surface area contributed by atoms with Crippen LogP contribution < -0.4 is 0 Å². The van der Waals surface area contributed by atoms with Crippen molar-refractivity contribution in [2.75, 3.05) is 0 Å². The molecule has 0 aromatic rings. The van der Waals surface area contributed by atoms with Crippen molar-refractivity contribution >= 4 is 0 Å². The molecule has 0 rings (SSSR count). The monoisotopic (exact) mass is 154 g/mol. The van der Waals surface area contributed by atoms with Crippen LogP contribution in [0.15, 0.2) is 35.7 Å². The highest BCUT2D eigenvalue weighted by Crippen LogP contribution is 2.03. The van der Waals surface area contributed by atoms with Gasteiger partial charge in [-0.05, 0) is 32.4 Å². The average molecular weight is 154 g/mol. The van der Waals surface area contributed by atoms with E-state index in [9.17, 15) is 4.39 Å². The Hall–Kier alpha value is -0.850.